The Morgan fingerprint density at radius 3 is 2.29 bits per heavy atom. The topological polar surface area (TPSA) is 152 Å². The largest absolute Gasteiger partial charge is 0.497 e. The fourth-order valence-corrected chi connectivity index (χ4v) is 3.40. The molecule has 4 rings (SSSR count). The first-order valence-corrected chi connectivity index (χ1v) is 10.5. The zero-order valence-electron chi connectivity index (χ0n) is 18.6. The summed E-state index contributed by atoms with van der Waals surface area (Å²) in [7, 11) is 1.68. The molecule has 0 saturated carbocycles. The second-order valence-electron chi connectivity index (χ2n) is 7.18. The first kappa shape index (κ1) is 24.6. The van der Waals surface area contributed by atoms with E-state index in [4.69, 9.17) is 29.3 Å². The normalized spacial score (nSPS) is 14.4. The summed E-state index contributed by atoms with van der Waals surface area (Å²) in [6, 6.07) is 18.3. The van der Waals surface area contributed by atoms with Crippen molar-refractivity contribution in [3.8, 4) is 11.4 Å². The molecule has 1 aromatic heterocycles. The molecule has 1 saturated heterocycles. The number of para-hydroxylation sites is 1. The number of rotatable bonds is 7. The Morgan fingerprint density at radius 2 is 1.71 bits per heavy atom. The van der Waals surface area contributed by atoms with Gasteiger partial charge in [-0.25, -0.2) is 9.59 Å². The molecule has 1 aliphatic rings. The smallest absolute Gasteiger partial charge is 0.414 e. The van der Waals surface area contributed by atoms with Gasteiger partial charge in [-0.15, -0.1) is 0 Å². The molecule has 1 fully saturated rings. The molecular weight excluding hydrogens is 444 g/mol. The molecule has 0 amide bonds. The van der Waals surface area contributed by atoms with Gasteiger partial charge in [0.2, 0.25) is 5.95 Å². The van der Waals surface area contributed by atoms with Crippen molar-refractivity contribution >= 4 is 17.9 Å². The summed E-state index contributed by atoms with van der Waals surface area (Å²) in [5, 5.41) is 30.3. The summed E-state index contributed by atoms with van der Waals surface area (Å²) in [5.74, 6) is -2.17. The number of tetrazole rings is 1. The van der Waals surface area contributed by atoms with E-state index >= 15 is 0 Å². The third-order valence-electron chi connectivity index (χ3n) is 5.09. The number of aromatic nitrogens is 4. The lowest BCUT2D eigenvalue weighted by atomic mass is 10.0. The number of ether oxygens (including phenoxy) is 2. The fraction of sp³-hybridized carbons (Fsp3) is 0.318. The monoisotopic (exact) mass is 470 g/mol. The number of carbonyl (C=O) groups is 2. The lowest BCUT2D eigenvalue weighted by molar-refractivity contribution is -0.159. The van der Waals surface area contributed by atoms with Crippen LogP contribution in [0.1, 0.15) is 11.6 Å². The number of hydrogen-bond donors (Lipinski definition) is 3. The van der Waals surface area contributed by atoms with Crippen molar-refractivity contribution in [1.82, 2.24) is 25.1 Å². The minimum atomic E-state index is -1.82. The molecule has 0 aliphatic carbocycles. The molecule has 3 aromatic rings. The van der Waals surface area contributed by atoms with Gasteiger partial charge in [0, 0.05) is 19.6 Å². The summed E-state index contributed by atoms with van der Waals surface area (Å²) in [6.45, 7) is 3.95. The molecule has 1 unspecified atom stereocenters. The van der Waals surface area contributed by atoms with Crippen LogP contribution in [0.15, 0.2) is 54.6 Å². The van der Waals surface area contributed by atoms with Gasteiger partial charge in [0.1, 0.15) is 5.75 Å². The number of benzene rings is 2. The van der Waals surface area contributed by atoms with Gasteiger partial charge in [0.15, 0.2) is 0 Å². The van der Waals surface area contributed by atoms with Gasteiger partial charge in [-0.3, -0.25) is 4.90 Å². The van der Waals surface area contributed by atoms with Crippen LogP contribution < -0.4 is 10.1 Å². The van der Waals surface area contributed by atoms with E-state index in [0.717, 1.165) is 37.7 Å². The molecule has 2 aromatic carbocycles. The van der Waals surface area contributed by atoms with E-state index in [2.05, 4.69) is 37.9 Å². The lowest BCUT2D eigenvalue weighted by Gasteiger charge is -2.35. The number of morpholine rings is 1. The van der Waals surface area contributed by atoms with Crippen LogP contribution >= 0.6 is 0 Å². The van der Waals surface area contributed by atoms with E-state index < -0.39 is 11.9 Å². The highest BCUT2D eigenvalue weighted by Crippen LogP contribution is 2.25. The molecule has 2 heterocycles. The van der Waals surface area contributed by atoms with Gasteiger partial charge in [-0.1, -0.05) is 35.4 Å². The molecule has 1 atom stereocenters. The Morgan fingerprint density at radius 1 is 1.06 bits per heavy atom. The Labute approximate surface area is 195 Å². The average molecular weight is 470 g/mol. The minimum Gasteiger partial charge on any atom is -0.497 e. The van der Waals surface area contributed by atoms with Crippen LogP contribution in [0.2, 0.25) is 0 Å². The SMILES string of the molecule is COc1ccc(C(CNc2nnnn2-c2ccccc2)N2CCOCC2)cc1.O=C(O)C(=O)O. The van der Waals surface area contributed by atoms with Gasteiger partial charge in [-0.05, 0) is 40.3 Å². The molecule has 0 bridgehead atoms. The minimum absolute atomic E-state index is 0.177. The van der Waals surface area contributed by atoms with Crippen LogP contribution in [-0.2, 0) is 14.3 Å². The Hall–Kier alpha value is -4.03. The highest BCUT2D eigenvalue weighted by Gasteiger charge is 2.23. The van der Waals surface area contributed by atoms with Crippen molar-refractivity contribution in [2.75, 3.05) is 45.3 Å². The van der Waals surface area contributed by atoms with Crippen LogP contribution in [0.5, 0.6) is 5.75 Å². The maximum Gasteiger partial charge on any atom is 0.414 e. The predicted molar refractivity (Wildman–Crippen MR) is 121 cm³/mol. The first-order chi connectivity index (χ1) is 16.5. The third kappa shape index (κ3) is 6.73. The number of carboxylic acid groups (broad SMARTS) is 2. The summed E-state index contributed by atoms with van der Waals surface area (Å²) < 4.78 is 12.5. The van der Waals surface area contributed by atoms with Crippen LogP contribution in [0.3, 0.4) is 0 Å². The van der Waals surface area contributed by atoms with Gasteiger partial charge in [0.05, 0.1) is 32.1 Å². The van der Waals surface area contributed by atoms with Crippen molar-refractivity contribution in [1.29, 1.82) is 0 Å². The fourth-order valence-electron chi connectivity index (χ4n) is 3.40. The number of nitrogens with zero attached hydrogens (tertiary/aromatic N) is 5. The molecule has 0 radical (unpaired) electrons. The number of hydrogen-bond acceptors (Lipinski definition) is 9. The van der Waals surface area contributed by atoms with Crippen LogP contribution in [-0.4, -0.2) is 87.2 Å². The van der Waals surface area contributed by atoms with Gasteiger partial charge >= 0.3 is 11.9 Å². The quantitative estimate of drug-likeness (QED) is 0.429. The standard InChI is InChI=1S/C20H24N6O2.C2H2O4/c1-27-18-9-7-16(8-10-18)19(25-11-13-28-14-12-25)15-21-20-22-23-24-26(20)17-5-3-2-4-6-17;3-1(4)2(5)6/h2-10,19H,11-15H2,1H3,(H,21,22,24);(H,3,4)(H,5,6). The van der Waals surface area contributed by atoms with E-state index in [1.165, 1.54) is 5.56 Å². The third-order valence-corrected chi connectivity index (χ3v) is 5.09. The van der Waals surface area contributed by atoms with Crippen molar-refractivity contribution in [2.24, 2.45) is 0 Å². The first-order valence-electron chi connectivity index (χ1n) is 10.5. The average Bonchev–Trinajstić information content (AvgIpc) is 3.35. The van der Waals surface area contributed by atoms with Crippen molar-refractivity contribution in [3.63, 3.8) is 0 Å². The van der Waals surface area contributed by atoms with Gasteiger partial charge in [-0.2, -0.15) is 4.68 Å². The molecular formula is C22H26N6O6. The molecule has 12 nitrogen and oxygen atoms in total. The van der Waals surface area contributed by atoms with Crippen LogP contribution in [0.4, 0.5) is 5.95 Å². The Balaban J connectivity index is 0.000000481. The van der Waals surface area contributed by atoms with Crippen molar-refractivity contribution in [2.45, 2.75) is 6.04 Å². The predicted octanol–water partition coefficient (Wildman–Crippen LogP) is 1.31. The Bertz CT molecular complexity index is 1040. The van der Waals surface area contributed by atoms with Crippen molar-refractivity contribution < 1.29 is 29.3 Å². The Kier molecular flexibility index (Phi) is 8.88. The number of nitrogens with one attached hydrogen (secondary N) is 1. The van der Waals surface area contributed by atoms with Crippen LogP contribution in [0.25, 0.3) is 5.69 Å². The summed E-state index contributed by atoms with van der Waals surface area (Å²) in [4.78, 5) is 20.6. The van der Waals surface area contributed by atoms with E-state index in [0.29, 0.717) is 12.5 Å². The number of methoxy groups -OCH3 is 1. The highest BCUT2D eigenvalue weighted by atomic mass is 16.5. The maximum absolute atomic E-state index is 9.10. The van der Waals surface area contributed by atoms with E-state index in [-0.39, 0.29) is 6.04 Å². The van der Waals surface area contributed by atoms with Crippen molar-refractivity contribution in [3.05, 3.63) is 60.2 Å². The zero-order chi connectivity index (χ0) is 24.3. The maximum atomic E-state index is 9.10. The molecule has 12 heteroatoms. The molecule has 3 N–H and O–H groups in total. The highest BCUT2D eigenvalue weighted by molar-refractivity contribution is 6.27. The van der Waals surface area contributed by atoms with Gasteiger partial charge < -0.3 is 25.0 Å². The molecule has 0 spiro atoms. The van der Waals surface area contributed by atoms with E-state index in [1.807, 2.05) is 42.5 Å². The van der Waals surface area contributed by atoms with E-state index in [1.54, 1.807) is 11.8 Å². The van der Waals surface area contributed by atoms with E-state index in [9.17, 15) is 0 Å². The number of anilines is 1. The number of aliphatic carboxylic acids is 2. The summed E-state index contributed by atoms with van der Waals surface area (Å²) in [6.07, 6.45) is 0. The summed E-state index contributed by atoms with van der Waals surface area (Å²) >= 11 is 0. The second-order valence-corrected chi connectivity index (χ2v) is 7.18. The second kappa shape index (κ2) is 12.3. The molecule has 34 heavy (non-hydrogen) atoms. The number of carboxylic acids is 2. The molecule has 1 aliphatic heterocycles. The zero-order valence-corrected chi connectivity index (χ0v) is 18.6. The molecule has 180 valence electrons. The van der Waals surface area contributed by atoms with Crippen LogP contribution in [0, 0.1) is 0 Å². The lowest BCUT2D eigenvalue weighted by Crippen LogP contribution is -2.41. The summed E-state index contributed by atoms with van der Waals surface area (Å²) in [5.41, 5.74) is 2.14. The van der Waals surface area contributed by atoms with Gasteiger partial charge in [0.25, 0.3) is 0 Å².